The number of carbonyl (C=O) groups is 1. The molecular formula is C10H18O2. The van der Waals surface area contributed by atoms with E-state index in [4.69, 9.17) is 5.11 Å². The van der Waals surface area contributed by atoms with Gasteiger partial charge in [-0.1, -0.05) is 20.8 Å². The van der Waals surface area contributed by atoms with Crippen molar-refractivity contribution in [2.75, 3.05) is 6.61 Å². The van der Waals surface area contributed by atoms with Crippen LogP contribution in [0.4, 0.5) is 0 Å². The summed E-state index contributed by atoms with van der Waals surface area (Å²) in [6.07, 6.45) is 1.62. The van der Waals surface area contributed by atoms with E-state index in [1.165, 1.54) is 0 Å². The van der Waals surface area contributed by atoms with Crippen LogP contribution in [0.25, 0.3) is 0 Å². The van der Waals surface area contributed by atoms with Crippen LogP contribution < -0.4 is 0 Å². The molecule has 1 saturated carbocycles. The topological polar surface area (TPSA) is 37.3 Å². The van der Waals surface area contributed by atoms with Gasteiger partial charge in [0.25, 0.3) is 0 Å². The molecule has 1 N–H and O–H groups in total. The normalized spacial score (nSPS) is 35.2. The van der Waals surface area contributed by atoms with Crippen molar-refractivity contribution in [2.45, 2.75) is 33.6 Å². The van der Waals surface area contributed by atoms with Crippen LogP contribution in [0.5, 0.6) is 0 Å². The average molecular weight is 170 g/mol. The molecule has 70 valence electrons. The molecule has 0 bridgehead atoms. The molecule has 1 aliphatic rings. The summed E-state index contributed by atoms with van der Waals surface area (Å²) < 4.78 is 0. The van der Waals surface area contributed by atoms with Gasteiger partial charge in [0.1, 0.15) is 5.78 Å². The van der Waals surface area contributed by atoms with Crippen LogP contribution in [0.2, 0.25) is 0 Å². The molecule has 0 saturated heterocycles. The van der Waals surface area contributed by atoms with Gasteiger partial charge in [-0.3, -0.25) is 4.79 Å². The van der Waals surface area contributed by atoms with E-state index in [2.05, 4.69) is 20.8 Å². The lowest BCUT2D eigenvalue weighted by Crippen LogP contribution is -2.42. The molecule has 0 aromatic rings. The summed E-state index contributed by atoms with van der Waals surface area (Å²) in [6.45, 7) is 6.33. The Morgan fingerprint density at radius 1 is 1.58 bits per heavy atom. The molecule has 0 aromatic carbocycles. The minimum absolute atomic E-state index is 0.0101. The second kappa shape index (κ2) is 3.17. The number of hydrogen-bond acceptors (Lipinski definition) is 2. The third-order valence-corrected chi connectivity index (χ3v) is 3.56. The fourth-order valence-electron chi connectivity index (χ4n) is 2.00. The first kappa shape index (κ1) is 9.72. The van der Waals surface area contributed by atoms with E-state index in [1.807, 2.05) is 0 Å². The van der Waals surface area contributed by atoms with Gasteiger partial charge in [-0.25, -0.2) is 0 Å². The maximum Gasteiger partial charge on any atom is 0.138 e. The van der Waals surface area contributed by atoms with Gasteiger partial charge in [0, 0.05) is 12.3 Å². The quantitative estimate of drug-likeness (QED) is 0.649. The Hall–Kier alpha value is -0.370. The molecule has 2 heteroatoms. The van der Waals surface area contributed by atoms with E-state index in [0.717, 1.165) is 6.42 Å². The molecule has 1 rings (SSSR count). The van der Waals surface area contributed by atoms with E-state index in [-0.39, 0.29) is 23.7 Å². The Kier molecular flexibility index (Phi) is 2.57. The van der Waals surface area contributed by atoms with Crippen LogP contribution in [0, 0.1) is 17.3 Å². The summed E-state index contributed by atoms with van der Waals surface area (Å²) in [5, 5.41) is 9.09. The first-order chi connectivity index (χ1) is 5.50. The zero-order chi connectivity index (χ0) is 9.35. The van der Waals surface area contributed by atoms with Crippen molar-refractivity contribution in [1.29, 1.82) is 0 Å². The van der Waals surface area contributed by atoms with E-state index in [1.54, 1.807) is 0 Å². The zero-order valence-electron chi connectivity index (χ0n) is 8.13. The Morgan fingerprint density at radius 3 is 2.58 bits per heavy atom. The number of hydrogen-bond donors (Lipinski definition) is 1. The highest BCUT2D eigenvalue weighted by Crippen LogP contribution is 2.42. The van der Waals surface area contributed by atoms with E-state index in [0.29, 0.717) is 12.3 Å². The molecule has 0 aromatic heterocycles. The summed E-state index contributed by atoms with van der Waals surface area (Å²) in [6, 6.07) is 0. The predicted octanol–water partition coefficient (Wildman–Crippen LogP) is 1.62. The zero-order valence-corrected chi connectivity index (χ0v) is 8.13. The first-order valence-electron chi connectivity index (χ1n) is 4.63. The molecule has 0 spiro atoms. The van der Waals surface area contributed by atoms with Crippen molar-refractivity contribution >= 4 is 5.78 Å². The van der Waals surface area contributed by atoms with Crippen molar-refractivity contribution in [2.24, 2.45) is 17.3 Å². The maximum absolute atomic E-state index is 11.4. The third kappa shape index (κ3) is 1.40. The van der Waals surface area contributed by atoms with Gasteiger partial charge >= 0.3 is 0 Å². The van der Waals surface area contributed by atoms with Crippen LogP contribution >= 0.6 is 0 Å². The van der Waals surface area contributed by atoms with E-state index < -0.39 is 0 Å². The largest absolute Gasteiger partial charge is 0.396 e. The molecule has 0 amide bonds. The molecule has 0 heterocycles. The summed E-state index contributed by atoms with van der Waals surface area (Å²) in [4.78, 5) is 11.4. The van der Waals surface area contributed by atoms with Crippen LogP contribution in [0.15, 0.2) is 0 Å². The smallest absolute Gasteiger partial charge is 0.138 e. The Morgan fingerprint density at radius 2 is 2.17 bits per heavy atom. The molecule has 12 heavy (non-hydrogen) atoms. The Bertz CT molecular complexity index is 184. The van der Waals surface area contributed by atoms with Gasteiger partial charge in [-0.05, 0) is 17.8 Å². The molecule has 2 atom stereocenters. The molecular weight excluding hydrogens is 152 g/mol. The van der Waals surface area contributed by atoms with Crippen molar-refractivity contribution in [3.05, 3.63) is 0 Å². The van der Waals surface area contributed by atoms with Crippen molar-refractivity contribution in [3.63, 3.8) is 0 Å². The first-order valence-corrected chi connectivity index (χ1v) is 4.63. The Balaban J connectivity index is 2.83. The SMILES string of the molecule is C[C@@H]1CCC(=O)[C@H](CO)C1(C)C. The lowest BCUT2D eigenvalue weighted by molar-refractivity contribution is -0.134. The minimum atomic E-state index is -0.138. The summed E-state index contributed by atoms with van der Waals surface area (Å²) in [7, 11) is 0. The fraction of sp³-hybridized carbons (Fsp3) is 0.900. The highest BCUT2D eigenvalue weighted by molar-refractivity contribution is 5.82. The maximum atomic E-state index is 11.4. The molecule has 0 aliphatic heterocycles. The van der Waals surface area contributed by atoms with Crippen molar-refractivity contribution in [3.8, 4) is 0 Å². The molecule has 1 fully saturated rings. The number of carbonyl (C=O) groups excluding carboxylic acids is 1. The molecule has 0 unspecified atom stereocenters. The van der Waals surface area contributed by atoms with Gasteiger partial charge in [-0.2, -0.15) is 0 Å². The van der Waals surface area contributed by atoms with E-state index in [9.17, 15) is 4.79 Å². The molecule has 0 radical (unpaired) electrons. The highest BCUT2D eigenvalue weighted by atomic mass is 16.3. The van der Waals surface area contributed by atoms with Crippen LogP contribution in [-0.4, -0.2) is 17.5 Å². The third-order valence-electron chi connectivity index (χ3n) is 3.56. The van der Waals surface area contributed by atoms with Gasteiger partial charge in [0.2, 0.25) is 0 Å². The summed E-state index contributed by atoms with van der Waals surface area (Å²) in [5.74, 6) is 0.634. The monoisotopic (exact) mass is 170 g/mol. The fourth-order valence-corrected chi connectivity index (χ4v) is 2.00. The number of rotatable bonds is 1. The van der Waals surface area contributed by atoms with E-state index >= 15 is 0 Å². The lowest BCUT2D eigenvalue weighted by Gasteiger charge is -2.41. The van der Waals surface area contributed by atoms with Gasteiger partial charge in [0.05, 0.1) is 6.61 Å². The van der Waals surface area contributed by atoms with Crippen molar-refractivity contribution in [1.82, 2.24) is 0 Å². The standard InChI is InChI=1S/C10H18O2/c1-7-4-5-9(12)8(6-11)10(7,2)3/h7-8,11H,4-6H2,1-3H3/t7-,8+/m1/s1. The number of aliphatic hydroxyl groups is 1. The predicted molar refractivity (Wildman–Crippen MR) is 47.8 cm³/mol. The molecule has 2 nitrogen and oxygen atoms in total. The second-order valence-electron chi connectivity index (χ2n) is 4.46. The lowest BCUT2D eigenvalue weighted by atomic mass is 9.63. The summed E-state index contributed by atoms with van der Waals surface area (Å²) >= 11 is 0. The summed E-state index contributed by atoms with van der Waals surface area (Å²) in [5.41, 5.74) is -0.0237. The molecule has 1 aliphatic carbocycles. The number of Topliss-reactive ketones (excluding diaryl/α,β-unsaturated/α-hetero) is 1. The van der Waals surface area contributed by atoms with Crippen LogP contribution in [0.1, 0.15) is 33.6 Å². The van der Waals surface area contributed by atoms with Gasteiger partial charge < -0.3 is 5.11 Å². The minimum Gasteiger partial charge on any atom is -0.396 e. The Labute approximate surface area is 74.0 Å². The number of ketones is 1. The highest BCUT2D eigenvalue weighted by Gasteiger charge is 2.42. The van der Waals surface area contributed by atoms with Crippen LogP contribution in [0.3, 0.4) is 0 Å². The van der Waals surface area contributed by atoms with Crippen LogP contribution in [-0.2, 0) is 4.79 Å². The number of aliphatic hydroxyl groups excluding tert-OH is 1. The second-order valence-corrected chi connectivity index (χ2v) is 4.46. The van der Waals surface area contributed by atoms with Gasteiger partial charge in [-0.15, -0.1) is 0 Å². The average Bonchev–Trinajstić information content (AvgIpc) is 1.98. The van der Waals surface area contributed by atoms with Crippen molar-refractivity contribution < 1.29 is 9.90 Å². The van der Waals surface area contributed by atoms with Gasteiger partial charge in [0.15, 0.2) is 0 Å².